The van der Waals surface area contributed by atoms with Gasteiger partial charge >= 0.3 is 0 Å². The molecule has 174 valence electrons. The Hall–Kier alpha value is -2.46. The van der Waals surface area contributed by atoms with Gasteiger partial charge in [-0.2, -0.15) is 5.10 Å². The normalized spacial score (nSPS) is 19.8. The molecule has 2 aliphatic rings. The molecule has 0 bridgehead atoms. The van der Waals surface area contributed by atoms with Gasteiger partial charge in [0, 0.05) is 37.3 Å². The summed E-state index contributed by atoms with van der Waals surface area (Å²) in [6.45, 7) is 5.71. The molecule has 1 unspecified atom stereocenters. The van der Waals surface area contributed by atoms with Gasteiger partial charge in [-0.3, -0.25) is 13.8 Å². The second kappa shape index (κ2) is 8.47. The number of piperidine rings is 1. The molecule has 1 amide bonds. The van der Waals surface area contributed by atoms with Crippen molar-refractivity contribution in [1.29, 1.82) is 0 Å². The molecule has 0 aliphatic carbocycles. The van der Waals surface area contributed by atoms with E-state index in [9.17, 15) is 13.2 Å². The standard InChI is InChI=1S/C22H32N6O3S/c1-15(2)27-14-23-21(24-27)19-13-28(32(5,30)31)20-7-6-16(12-18(19)20)22(29)26-10-8-17(9-11-26)25(3)4/h6-7,12,14-15,17,19H,8-11,13H2,1-5H3. The molecule has 1 saturated heterocycles. The van der Waals surface area contributed by atoms with Crippen molar-refractivity contribution >= 4 is 21.6 Å². The molecule has 3 heterocycles. The lowest BCUT2D eigenvalue weighted by atomic mass is 9.97. The van der Waals surface area contributed by atoms with Crippen molar-refractivity contribution < 1.29 is 13.2 Å². The second-order valence-electron chi connectivity index (χ2n) is 9.28. The Morgan fingerprint density at radius 3 is 2.44 bits per heavy atom. The lowest BCUT2D eigenvalue weighted by molar-refractivity contribution is 0.0663. The smallest absolute Gasteiger partial charge is 0.253 e. The van der Waals surface area contributed by atoms with E-state index < -0.39 is 10.0 Å². The predicted molar refractivity (Wildman–Crippen MR) is 123 cm³/mol. The van der Waals surface area contributed by atoms with Gasteiger partial charge in [0.05, 0.1) is 17.9 Å². The molecule has 0 saturated carbocycles. The van der Waals surface area contributed by atoms with E-state index in [1.54, 1.807) is 23.1 Å². The number of aromatic nitrogens is 3. The molecule has 0 spiro atoms. The highest BCUT2D eigenvalue weighted by Crippen LogP contribution is 2.41. The highest BCUT2D eigenvalue weighted by molar-refractivity contribution is 7.92. The molecule has 0 radical (unpaired) electrons. The molecule has 1 atom stereocenters. The van der Waals surface area contributed by atoms with Crippen LogP contribution in [0.1, 0.15) is 60.4 Å². The van der Waals surface area contributed by atoms with Gasteiger partial charge in [0.1, 0.15) is 6.33 Å². The van der Waals surface area contributed by atoms with Crippen LogP contribution >= 0.6 is 0 Å². The lowest BCUT2D eigenvalue weighted by Crippen LogP contribution is -2.44. The summed E-state index contributed by atoms with van der Waals surface area (Å²) in [5.74, 6) is 0.247. The van der Waals surface area contributed by atoms with Gasteiger partial charge in [0.2, 0.25) is 10.0 Å². The molecule has 0 N–H and O–H groups in total. The van der Waals surface area contributed by atoms with E-state index >= 15 is 0 Å². The highest BCUT2D eigenvalue weighted by Gasteiger charge is 2.37. The molecule has 1 fully saturated rings. The van der Waals surface area contributed by atoms with Gasteiger partial charge in [-0.25, -0.2) is 13.4 Å². The molecular formula is C22H32N6O3S. The summed E-state index contributed by atoms with van der Waals surface area (Å²) in [7, 11) is 0.685. The fraction of sp³-hybridized carbons (Fsp3) is 0.591. The van der Waals surface area contributed by atoms with Gasteiger partial charge < -0.3 is 9.80 Å². The number of fused-ring (bicyclic) bond motifs is 1. The van der Waals surface area contributed by atoms with Crippen LogP contribution in [0.5, 0.6) is 0 Å². The summed E-state index contributed by atoms with van der Waals surface area (Å²) >= 11 is 0. The molecular weight excluding hydrogens is 428 g/mol. The van der Waals surface area contributed by atoms with Gasteiger partial charge in [0.25, 0.3) is 5.91 Å². The largest absolute Gasteiger partial charge is 0.339 e. The van der Waals surface area contributed by atoms with Crippen molar-refractivity contribution in [3.63, 3.8) is 0 Å². The number of amides is 1. The summed E-state index contributed by atoms with van der Waals surface area (Å²) in [6, 6.07) is 5.96. The van der Waals surface area contributed by atoms with Crippen molar-refractivity contribution in [3.05, 3.63) is 41.5 Å². The fourth-order valence-corrected chi connectivity index (χ4v) is 5.50. The topological polar surface area (TPSA) is 91.6 Å². The zero-order chi connectivity index (χ0) is 23.2. The minimum Gasteiger partial charge on any atom is -0.339 e. The number of benzene rings is 1. The number of anilines is 1. The van der Waals surface area contributed by atoms with Crippen molar-refractivity contribution in [3.8, 4) is 0 Å². The molecule has 1 aromatic carbocycles. The molecule has 2 aliphatic heterocycles. The van der Waals surface area contributed by atoms with Gasteiger partial charge in [-0.1, -0.05) is 0 Å². The van der Waals surface area contributed by atoms with E-state index in [1.165, 1.54) is 10.6 Å². The number of carbonyl (C=O) groups excluding carboxylic acids is 1. The lowest BCUT2D eigenvalue weighted by Gasteiger charge is -2.35. The van der Waals surface area contributed by atoms with Gasteiger partial charge in [0.15, 0.2) is 5.82 Å². The van der Waals surface area contributed by atoms with E-state index in [1.807, 2.05) is 24.8 Å². The molecule has 1 aromatic heterocycles. The van der Waals surface area contributed by atoms with E-state index in [0.29, 0.717) is 23.1 Å². The quantitative estimate of drug-likeness (QED) is 0.677. The van der Waals surface area contributed by atoms with E-state index in [0.717, 1.165) is 31.5 Å². The number of rotatable bonds is 5. The maximum absolute atomic E-state index is 13.2. The van der Waals surface area contributed by atoms with E-state index in [-0.39, 0.29) is 24.4 Å². The number of hydrogen-bond donors (Lipinski definition) is 0. The molecule has 10 heteroatoms. The Balaban J connectivity index is 1.65. The average molecular weight is 461 g/mol. The zero-order valence-corrected chi connectivity index (χ0v) is 20.2. The first kappa shape index (κ1) is 22.7. The maximum Gasteiger partial charge on any atom is 0.253 e. The van der Waals surface area contributed by atoms with Gasteiger partial charge in [-0.15, -0.1) is 0 Å². The molecule has 9 nitrogen and oxygen atoms in total. The fourth-order valence-electron chi connectivity index (χ4n) is 4.56. The Bertz CT molecular complexity index is 1100. The van der Waals surface area contributed by atoms with Crippen LogP contribution in [0.2, 0.25) is 0 Å². The van der Waals surface area contributed by atoms with Gasteiger partial charge in [-0.05, 0) is 64.5 Å². The van der Waals surface area contributed by atoms with Crippen LogP contribution in [0.15, 0.2) is 24.5 Å². The Morgan fingerprint density at radius 1 is 1.19 bits per heavy atom. The predicted octanol–water partition coefficient (Wildman–Crippen LogP) is 1.94. The Labute approximate surface area is 190 Å². The van der Waals surface area contributed by atoms with Crippen molar-refractivity contribution in [2.24, 2.45) is 0 Å². The third-order valence-corrected chi connectivity index (χ3v) is 7.66. The first-order chi connectivity index (χ1) is 15.1. The summed E-state index contributed by atoms with van der Waals surface area (Å²) in [5.41, 5.74) is 1.96. The van der Waals surface area contributed by atoms with E-state index in [2.05, 4.69) is 29.1 Å². The Kier molecular flexibility index (Phi) is 6.02. The van der Waals surface area contributed by atoms with Crippen LogP contribution in [0.3, 0.4) is 0 Å². The first-order valence-corrected chi connectivity index (χ1v) is 12.9. The summed E-state index contributed by atoms with van der Waals surface area (Å²) in [4.78, 5) is 21.8. The van der Waals surface area contributed by atoms with Crippen molar-refractivity contribution in [2.75, 3.05) is 44.3 Å². The molecule has 2 aromatic rings. The van der Waals surface area contributed by atoms with Crippen LogP contribution in [-0.2, 0) is 10.0 Å². The minimum absolute atomic E-state index is 0.0118. The number of nitrogens with zero attached hydrogens (tertiary/aromatic N) is 6. The molecule has 32 heavy (non-hydrogen) atoms. The van der Waals surface area contributed by atoms with Crippen LogP contribution in [0.4, 0.5) is 5.69 Å². The van der Waals surface area contributed by atoms with Crippen LogP contribution in [-0.4, -0.2) is 84.9 Å². The van der Waals surface area contributed by atoms with Crippen molar-refractivity contribution in [2.45, 2.75) is 44.7 Å². The SMILES string of the molecule is CC(C)n1cnc(C2CN(S(C)(=O)=O)c3ccc(C(=O)N4CCC(N(C)C)CC4)cc32)n1. The van der Waals surface area contributed by atoms with Crippen LogP contribution in [0.25, 0.3) is 0 Å². The van der Waals surface area contributed by atoms with Crippen LogP contribution < -0.4 is 4.31 Å². The number of hydrogen-bond acceptors (Lipinski definition) is 6. The van der Waals surface area contributed by atoms with E-state index in [4.69, 9.17) is 0 Å². The first-order valence-electron chi connectivity index (χ1n) is 11.0. The maximum atomic E-state index is 13.2. The number of sulfonamides is 1. The monoisotopic (exact) mass is 460 g/mol. The zero-order valence-electron chi connectivity index (χ0n) is 19.4. The number of likely N-dealkylation sites (tertiary alicyclic amines) is 1. The van der Waals surface area contributed by atoms with Crippen molar-refractivity contribution in [1.82, 2.24) is 24.6 Å². The summed E-state index contributed by atoms with van der Waals surface area (Å²) < 4.78 is 28.0. The average Bonchev–Trinajstić information content (AvgIpc) is 3.37. The molecule has 4 rings (SSSR count). The second-order valence-corrected chi connectivity index (χ2v) is 11.2. The summed E-state index contributed by atoms with van der Waals surface area (Å²) in [5, 5.41) is 4.58. The third kappa shape index (κ3) is 4.25. The minimum atomic E-state index is -3.46. The third-order valence-electron chi connectivity index (χ3n) is 6.52. The summed E-state index contributed by atoms with van der Waals surface area (Å²) in [6.07, 6.45) is 4.77. The highest BCUT2D eigenvalue weighted by atomic mass is 32.2. The van der Waals surface area contributed by atoms with Crippen LogP contribution in [0, 0.1) is 0 Å². The Morgan fingerprint density at radius 2 is 1.88 bits per heavy atom. The number of carbonyl (C=O) groups is 1.